The lowest BCUT2D eigenvalue weighted by Gasteiger charge is -2.35. The Morgan fingerprint density at radius 2 is 2.21 bits per heavy atom. The van der Waals surface area contributed by atoms with Crippen LogP contribution in [-0.4, -0.2) is 44.9 Å². The highest BCUT2D eigenvalue weighted by atomic mass is 32.2. The van der Waals surface area contributed by atoms with Crippen molar-refractivity contribution in [3.8, 4) is 5.75 Å². The zero-order valence-electron chi connectivity index (χ0n) is 10.7. The summed E-state index contributed by atoms with van der Waals surface area (Å²) in [5, 5.41) is 8.92. The zero-order chi connectivity index (χ0) is 14.2. The fourth-order valence-corrected chi connectivity index (χ4v) is 4.02. The van der Waals surface area contributed by atoms with Gasteiger partial charge in [0.05, 0.1) is 23.4 Å². The number of methoxy groups -OCH3 is 1. The van der Waals surface area contributed by atoms with Crippen LogP contribution >= 0.6 is 0 Å². The topological polar surface area (TPSA) is 83.9 Å². The molecule has 19 heavy (non-hydrogen) atoms. The highest BCUT2D eigenvalue weighted by Crippen LogP contribution is 2.35. The number of carboxylic acid groups (broad SMARTS) is 1. The zero-order valence-corrected chi connectivity index (χ0v) is 11.5. The summed E-state index contributed by atoms with van der Waals surface area (Å²) in [4.78, 5) is 12.6. The molecule has 0 aromatic heterocycles. The van der Waals surface area contributed by atoms with Gasteiger partial charge in [0.2, 0.25) is 0 Å². The van der Waals surface area contributed by atoms with Gasteiger partial charge in [0, 0.05) is 12.1 Å². The van der Waals surface area contributed by atoms with Crippen molar-refractivity contribution in [1.29, 1.82) is 0 Å². The van der Waals surface area contributed by atoms with Crippen LogP contribution in [0.3, 0.4) is 0 Å². The highest BCUT2D eigenvalue weighted by molar-refractivity contribution is 7.91. The molecule has 1 heterocycles. The van der Waals surface area contributed by atoms with Crippen LogP contribution in [0.2, 0.25) is 0 Å². The van der Waals surface area contributed by atoms with Gasteiger partial charge in [-0.2, -0.15) is 0 Å². The molecule has 104 valence electrons. The third-order valence-electron chi connectivity index (χ3n) is 3.11. The third-order valence-corrected chi connectivity index (χ3v) is 5.03. The number of hydrogen-bond donors (Lipinski definition) is 1. The number of rotatable bonds is 3. The molecule has 1 aromatic carbocycles. The smallest absolute Gasteiger partial charge is 0.323 e. The third kappa shape index (κ3) is 2.51. The first-order chi connectivity index (χ1) is 8.85. The summed E-state index contributed by atoms with van der Waals surface area (Å²) in [6, 6.07) is 4.28. The van der Waals surface area contributed by atoms with E-state index in [-0.39, 0.29) is 23.2 Å². The Morgan fingerprint density at radius 3 is 2.79 bits per heavy atom. The van der Waals surface area contributed by atoms with Crippen molar-refractivity contribution in [3.05, 3.63) is 18.2 Å². The van der Waals surface area contributed by atoms with E-state index >= 15 is 0 Å². The van der Waals surface area contributed by atoms with Crippen molar-refractivity contribution in [3.63, 3.8) is 0 Å². The van der Waals surface area contributed by atoms with E-state index in [9.17, 15) is 13.2 Å². The standard InChI is InChI=1S/C12H15NO5S/c1-8-7-19(16,17)11-5-9(18-2)3-4-10(11)13(8)6-12(14)15/h3-5,8H,6-7H2,1-2H3,(H,14,15). The predicted molar refractivity (Wildman–Crippen MR) is 69.5 cm³/mol. The van der Waals surface area contributed by atoms with Crippen LogP contribution in [0.25, 0.3) is 0 Å². The number of aliphatic carboxylic acids is 1. The Kier molecular flexibility index (Phi) is 3.40. The maximum Gasteiger partial charge on any atom is 0.323 e. The van der Waals surface area contributed by atoms with Gasteiger partial charge in [0.25, 0.3) is 0 Å². The van der Waals surface area contributed by atoms with Gasteiger partial charge in [0.1, 0.15) is 12.3 Å². The van der Waals surface area contributed by atoms with Crippen molar-refractivity contribution >= 4 is 21.5 Å². The molecule has 1 N–H and O–H groups in total. The van der Waals surface area contributed by atoms with Crippen molar-refractivity contribution in [2.24, 2.45) is 0 Å². The Morgan fingerprint density at radius 1 is 1.53 bits per heavy atom. The maximum absolute atomic E-state index is 12.2. The van der Waals surface area contributed by atoms with Gasteiger partial charge < -0.3 is 14.7 Å². The monoisotopic (exact) mass is 285 g/mol. The fraction of sp³-hybridized carbons (Fsp3) is 0.417. The quantitative estimate of drug-likeness (QED) is 0.882. The molecular weight excluding hydrogens is 270 g/mol. The summed E-state index contributed by atoms with van der Waals surface area (Å²) < 4.78 is 29.3. The van der Waals surface area contributed by atoms with Crippen LogP contribution in [0.5, 0.6) is 5.75 Å². The number of carboxylic acids is 1. The summed E-state index contributed by atoms with van der Waals surface area (Å²) in [6.07, 6.45) is 0. The first kappa shape index (κ1) is 13.7. The summed E-state index contributed by atoms with van der Waals surface area (Å²) in [5.74, 6) is -0.652. The SMILES string of the molecule is COc1ccc2c(c1)S(=O)(=O)CC(C)N2CC(=O)O. The number of nitrogens with zero attached hydrogens (tertiary/aromatic N) is 1. The molecule has 0 radical (unpaired) electrons. The molecule has 0 saturated heterocycles. The fourth-order valence-electron chi connectivity index (χ4n) is 2.23. The number of ether oxygens (including phenoxy) is 1. The molecule has 0 spiro atoms. The lowest BCUT2D eigenvalue weighted by atomic mass is 10.2. The van der Waals surface area contributed by atoms with Crippen LogP contribution in [0.15, 0.2) is 23.1 Å². The maximum atomic E-state index is 12.2. The number of hydrogen-bond acceptors (Lipinski definition) is 5. The van der Waals surface area contributed by atoms with E-state index in [4.69, 9.17) is 9.84 Å². The second-order valence-electron chi connectivity index (χ2n) is 4.49. The summed E-state index contributed by atoms with van der Waals surface area (Å²) in [5.41, 5.74) is 0.418. The van der Waals surface area contributed by atoms with Crippen LogP contribution in [-0.2, 0) is 14.6 Å². The Hall–Kier alpha value is -1.76. The van der Waals surface area contributed by atoms with E-state index in [2.05, 4.69) is 0 Å². The van der Waals surface area contributed by atoms with E-state index in [0.29, 0.717) is 11.4 Å². The lowest BCUT2D eigenvalue weighted by molar-refractivity contribution is -0.135. The molecule has 1 unspecified atom stereocenters. The molecule has 0 bridgehead atoms. The molecule has 0 saturated carbocycles. The number of fused-ring (bicyclic) bond motifs is 1. The highest BCUT2D eigenvalue weighted by Gasteiger charge is 2.34. The van der Waals surface area contributed by atoms with Crippen molar-refractivity contribution in [1.82, 2.24) is 0 Å². The van der Waals surface area contributed by atoms with E-state index in [1.165, 1.54) is 13.2 Å². The van der Waals surface area contributed by atoms with Crippen LogP contribution < -0.4 is 9.64 Å². The first-order valence-electron chi connectivity index (χ1n) is 5.74. The Labute approximate surface area is 111 Å². The predicted octanol–water partition coefficient (Wildman–Crippen LogP) is 0.762. The first-order valence-corrected chi connectivity index (χ1v) is 7.39. The van der Waals surface area contributed by atoms with E-state index < -0.39 is 15.8 Å². The van der Waals surface area contributed by atoms with E-state index in [1.54, 1.807) is 24.0 Å². The van der Waals surface area contributed by atoms with Crippen molar-refractivity contribution < 1.29 is 23.1 Å². The molecule has 6 nitrogen and oxygen atoms in total. The molecule has 2 rings (SSSR count). The summed E-state index contributed by atoms with van der Waals surface area (Å²) >= 11 is 0. The second-order valence-corrected chi connectivity index (χ2v) is 6.49. The van der Waals surface area contributed by atoms with Gasteiger partial charge in [-0.1, -0.05) is 0 Å². The van der Waals surface area contributed by atoms with Gasteiger partial charge in [0.15, 0.2) is 9.84 Å². The summed E-state index contributed by atoms with van der Waals surface area (Å²) in [6.45, 7) is 1.48. The Bertz CT molecular complexity index is 611. The number of carbonyl (C=O) groups is 1. The molecule has 1 aliphatic heterocycles. The molecule has 1 aliphatic rings. The van der Waals surface area contributed by atoms with Gasteiger partial charge in [-0.25, -0.2) is 8.42 Å². The molecule has 7 heteroatoms. The van der Waals surface area contributed by atoms with Crippen LogP contribution in [0.4, 0.5) is 5.69 Å². The molecule has 1 aromatic rings. The molecule has 0 amide bonds. The average molecular weight is 285 g/mol. The number of sulfone groups is 1. The molecular formula is C12H15NO5S. The van der Waals surface area contributed by atoms with Gasteiger partial charge in [-0.3, -0.25) is 4.79 Å². The Balaban J connectivity index is 2.57. The van der Waals surface area contributed by atoms with Gasteiger partial charge >= 0.3 is 5.97 Å². The number of anilines is 1. The van der Waals surface area contributed by atoms with Crippen LogP contribution in [0, 0.1) is 0 Å². The minimum atomic E-state index is -3.41. The minimum Gasteiger partial charge on any atom is -0.497 e. The van der Waals surface area contributed by atoms with E-state index in [1.807, 2.05) is 0 Å². The van der Waals surface area contributed by atoms with Crippen LogP contribution in [0.1, 0.15) is 6.92 Å². The van der Waals surface area contributed by atoms with Crippen molar-refractivity contribution in [2.75, 3.05) is 24.3 Å². The summed E-state index contributed by atoms with van der Waals surface area (Å²) in [7, 11) is -1.95. The molecule has 0 aliphatic carbocycles. The average Bonchev–Trinajstić information content (AvgIpc) is 2.33. The van der Waals surface area contributed by atoms with Gasteiger partial charge in [-0.05, 0) is 19.1 Å². The van der Waals surface area contributed by atoms with Gasteiger partial charge in [-0.15, -0.1) is 0 Å². The normalized spacial score (nSPS) is 20.7. The van der Waals surface area contributed by atoms with E-state index in [0.717, 1.165) is 0 Å². The minimum absolute atomic E-state index is 0.0968. The second kappa shape index (κ2) is 4.73. The lowest BCUT2D eigenvalue weighted by Crippen LogP contribution is -2.45. The molecule has 1 atom stereocenters. The largest absolute Gasteiger partial charge is 0.497 e. The van der Waals surface area contributed by atoms with Crippen molar-refractivity contribution in [2.45, 2.75) is 17.9 Å². The number of benzene rings is 1. The molecule has 0 fully saturated rings.